The molecule has 8 nitrogen and oxygen atoms in total. The number of ether oxygens (including phenoxy) is 2. The highest BCUT2D eigenvalue weighted by atomic mass is 16.5. The van der Waals surface area contributed by atoms with Gasteiger partial charge in [0.25, 0.3) is 0 Å². The third-order valence-electron chi connectivity index (χ3n) is 5.35. The van der Waals surface area contributed by atoms with Gasteiger partial charge in [-0.25, -0.2) is 4.98 Å². The van der Waals surface area contributed by atoms with Gasteiger partial charge in [-0.05, 0) is 24.6 Å². The normalized spacial score (nSPS) is 11.0. The Morgan fingerprint density at radius 1 is 1.03 bits per heavy atom. The molecule has 1 N–H and O–H groups in total. The van der Waals surface area contributed by atoms with Crippen LogP contribution < -0.4 is 14.4 Å². The molecule has 0 spiro atoms. The summed E-state index contributed by atoms with van der Waals surface area (Å²) in [6, 6.07) is 11.9. The van der Waals surface area contributed by atoms with Crippen LogP contribution in [0.4, 0.5) is 11.4 Å². The average Bonchev–Trinajstić information content (AvgIpc) is 3.28. The fourth-order valence-corrected chi connectivity index (χ4v) is 3.66. The SMILES string of the molecule is CCCCN(c1cc(OC)cc(OCCO)c1)c1ccc2ncc(-c3cnn(C)c3)nc2c1. The predicted molar refractivity (Wildman–Crippen MR) is 129 cm³/mol. The Hall–Kier alpha value is -3.65. The van der Waals surface area contributed by atoms with Crippen molar-refractivity contribution in [2.75, 3.05) is 31.8 Å². The maximum Gasteiger partial charge on any atom is 0.125 e. The van der Waals surface area contributed by atoms with Gasteiger partial charge in [-0.3, -0.25) is 9.67 Å². The molecule has 0 atom stereocenters. The van der Waals surface area contributed by atoms with Crippen molar-refractivity contribution in [1.82, 2.24) is 19.7 Å². The second kappa shape index (κ2) is 10.3. The van der Waals surface area contributed by atoms with Crippen LogP contribution in [0.15, 0.2) is 55.0 Å². The van der Waals surface area contributed by atoms with Crippen molar-refractivity contribution < 1.29 is 14.6 Å². The number of methoxy groups -OCH3 is 1. The van der Waals surface area contributed by atoms with E-state index < -0.39 is 0 Å². The van der Waals surface area contributed by atoms with Gasteiger partial charge in [-0.2, -0.15) is 5.10 Å². The summed E-state index contributed by atoms with van der Waals surface area (Å²) in [5.41, 5.74) is 5.32. The van der Waals surface area contributed by atoms with Crippen LogP contribution in [0.1, 0.15) is 19.8 Å². The molecular formula is C25H29N5O3. The molecule has 2 aromatic carbocycles. The number of nitrogens with zero attached hydrogens (tertiary/aromatic N) is 5. The van der Waals surface area contributed by atoms with E-state index in [4.69, 9.17) is 19.6 Å². The van der Waals surface area contributed by atoms with Crippen molar-refractivity contribution in [3.05, 3.63) is 55.0 Å². The Balaban J connectivity index is 1.75. The summed E-state index contributed by atoms with van der Waals surface area (Å²) < 4.78 is 12.9. The Morgan fingerprint density at radius 3 is 2.61 bits per heavy atom. The van der Waals surface area contributed by atoms with Gasteiger partial charge >= 0.3 is 0 Å². The van der Waals surface area contributed by atoms with Gasteiger partial charge < -0.3 is 19.5 Å². The number of rotatable bonds is 10. The van der Waals surface area contributed by atoms with E-state index in [0.717, 1.165) is 53.1 Å². The lowest BCUT2D eigenvalue weighted by atomic mass is 10.1. The number of hydrogen-bond acceptors (Lipinski definition) is 7. The van der Waals surface area contributed by atoms with Crippen molar-refractivity contribution >= 4 is 22.4 Å². The number of fused-ring (bicyclic) bond motifs is 1. The molecule has 0 fully saturated rings. The molecule has 2 aromatic heterocycles. The number of unbranched alkanes of at least 4 members (excludes halogenated alkanes) is 1. The highest BCUT2D eigenvalue weighted by molar-refractivity contribution is 5.82. The van der Waals surface area contributed by atoms with Gasteiger partial charge in [0.05, 0.1) is 42.8 Å². The molecule has 33 heavy (non-hydrogen) atoms. The molecule has 0 aliphatic carbocycles. The summed E-state index contributed by atoms with van der Waals surface area (Å²) in [7, 11) is 3.52. The van der Waals surface area contributed by atoms with E-state index in [9.17, 15) is 0 Å². The number of aliphatic hydroxyl groups is 1. The van der Waals surface area contributed by atoms with Crippen molar-refractivity contribution in [3.63, 3.8) is 0 Å². The lowest BCUT2D eigenvalue weighted by Crippen LogP contribution is -2.18. The Kier molecular flexibility index (Phi) is 7.04. The third kappa shape index (κ3) is 5.23. The first-order valence-corrected chi connectivity index (χ1v) is 11.1. The number of anilines is 2. The largest absolute Gasteiger partial charge is 0.497 e. The van der Waals surface area contributed by atoms with Crippen LogP contribution in [0.5, 0.6) is 11.5 Å². The number of aryl methyl sites for hydroxylation is 1. The van der Waals surface area contributed by atoms with Crippen molar-refractivity contribution in [3.8, 4) is 22.8 Å². The van der Waals surface area contributed by atoms with Crippen LogP contribution in [0.2, 0.25) is 0 Å². The fourth-order valence-electron chi connectivity index (χ4n) is 3.66. The van der Waals surface area contributed by atoms with Gasteiger partial charge in [0.1, 0.15) is 18.1 Å². The van der Waals surface area contributed by atoms with Crippen molar-refractivity contribution in [2.24, 2.45) is 7.05 Å². The third-order valence-corrected chi connectivity index (χ3v) is 5.35. The van der Waals surface area contributed by atoms with E-state index in [2.05, 4.69) is 34.0 Å². The second-order valence-electron chi connectivity index (χ2n) is 7.77. The molecule has 0 radical (unpaired) electrons. The molecule has 0 bridgehead atoms. The Morgan fingerprint density at radius 2 is 1.88 bits per heavy atom. The molecule has 0 amide bonds. The highest BCUT2D eigenvalue weighted by Gasteiger charge is 2.14. The molecule has 4 rings (SSSR count). The summed E-state index contributed by atoms with van der Waals surface area (Å²) in [5, 5.41) is 13.4. The molecule has 8 heteroatoms. The van der Waals surface area contributed by atoms with Crippen LogP contribution in [0, 0.1) is 0 Å². The van der Waals surface area contributed by atoms with Gasteiger partial charge in [0.2, 0.25) is 0 Å². The maximum atomic E-state index is 9.15. The molecule has 0 aliphatic rings. The molecule has 172 valence electrons. The summed E-state index contributed by atoms with van der Waals surface area (Å²) in [6.07, 6.45) is 7.58. The number of benzene rings is 2. The Bertz CT molecular complexity index is 1220. The number of aromatic nitrogens is 4. The smallest absolute Gasteiger partial charge is 0.125 e. The number of hydrogen-bond donors (Lipinski definition) is 1. The lowest BCUT2D eigenvalue weighted by molar-refractivity contribution is 0.201. The fraction of sp³-hybridized carbons (Fsp3) is 0.320. The monoisotopic (exact) mass is 447 g/mol. The standard InChI is InChI=1S/C25H29N5O3/c1-4-5-8-30(20-11-21(32-3)14-22(12-20)33-10-9-31)19-6-7-23-24(13-19)28-25(16-26-23)18-15-27-29(2)17-18/h6-7,11-17,31H,4-5,8-10H2,1-3H3. The minimum atomic E-state index is -0.0469. The van der Waals surface area contributed by atoms with Gasteiger partial charge in [0, 0.05) is 54.9 Å². The summed E-state index contributed by atoms with van der Waals surface area (Å²) >= 11 is 0. The summed E-state index contributed by atoms with van der Waals surface area (Å²) in [4.78, 5) is 11.7. The first kappa shape index (κ1) is 22.5. The van der Waals surface area contributed by atoms with E-state index in [1.54, 1.807) is 24.2 Å². The van der Waals surface area contributed by atoms with Crippen LogP contribution in [-0.4, -0.2) is 51.7 Å². The Labute approximate surface area is 193 Å². The van der Waals surface area contributed by atoms with Crippen molar-refractivity contribution in [1.29, 1.82) is 0 Å². The summed E-state index contributed by atoms with van der Waals surface area (Å²) in [6.45, 7) is 3.18. The maximum absolute atomic E-state index is 9.15. The zero-order chi connectivity index (χ0) is 23.2. The molecule has 0 aliphatic heterocycles. The van der Waals surface area contributed by atoms with Gasteiger partial charge in [0.15, 0.2) is 0 Å². The zero-order valence-corrected chi connectivity index (χ0v) is 19.2. The molecule has 2 heterocycles. The highest BCUT2D eigenvalue weighted by Crippen LogP contribution is 2.34. The van der Waals surface area contributed by atoms with E-state index in [1.165, 1.54) is 0 Å². The first-order valence-electron chi connectivity index (χ1n) is 11.1. The van der Waals surface area contributed by atoms with Crippen molar-refractivity contribution in [2.45, 2.75) is 19.8 Å². The van der Waals surface area contributed by atoms with Crippen LogP contribution >= 0.6 is 0 Å². The lowest BCUT2D eigenvalue weighted by Gasteiger charge is -2.26. The van der Waals surface area contributed by atoms with E-state index >= 15 is 0 Å². The zero-order valence-electron chi connectivity index (χ0n) is 19.2. The molecule has 4 aromatic rings. The molecular weight excluding hydrogens is 418 g/mol. The van der Waals surface area contributed by atoms with E-state index in [-0.39, 0.29) is 13.2 Å². The average molecular weight is 448 g/mol. The molecule has 0 unspecified atom stereocenters. The van der Waals surface area contributed by atoms with Crippen LogP contribution in [0.25, 0.3) is 22.3 Å². The van der Waals surface area contributed by atoms with E-state index in [1.807, 2.05) is 37.5 Å². The predicted octanol–water partition coefficient (Wildman–Crippen LogP) is 4.35. The van der Waals surface area contributed by atoms with E-state index in [0.29, 0.717) is 11.5 Å². The molecule has 0 saturated carbocycles. The number of aliphatic hydroxyl groups excluding tert-OH is 1. The van der Waals surface area contributed by atoms with Gasteiger partial charge in [-0.15, -0.1) is 0 Å². The topological polar surface area (TPSA) is 85.5 Å². The first-order chi connectivity index (χ1) is 16.1. The quantitative estimate of drug-likeness (QED) is 0.387. The minimum absolute atomic E-state index is 0.0469. The molecule has 0 saturated heterocycles. The minimum Gasteiger partial charge on any atom is -0.497 e. The second-order valence-corrected chi connectivity index (χ2v) is 7.77. The van der Waals surface area contributed by atoms with Crippen LogP contribution in [0.3, 0.4) is 0 Å². The summed E-state index contributed by atoms with van der Waals surface area (Å²) in [5.74, 6) is 1.35. The van der Waals surface area contributed by atoms with Crippen LogP contribution in [-0.2, 0) is 7.05 Å². The van der Waals surface area contributed by atoms with Gasteiger partial charge in [-0.1, -0.05) is 13.3 Å².